The van der Waals surface area contributed by atoms with Crippen LogP contribution >= 0.6 is 0 Å². The number of nitrogens with one attached hydrogen (secondary N) is 1. The first-order valence-electron chi connectivity index (χ1n) is 7.15. The van der Waals surface area contributed by atoms with Gasteiger partial charge in [-0.05, 0) is 39.8 Å². The molecule has 4 heteroatoms. The van der Waals surface area contributed by atoms with Gasteiger partial charge in [-0.3, -0.25) is 9.69 Å². The third kappa shape index (κ3) is 3.73. The zero-order valence-corrected chi connectivity index (χ0v) is 12.8. The van der Waals surface area contributed by atoms with E-state index in [1.54, 1.807) is 7.11 Å². The van der Waals surface area contributed by atoms with Crippen LogP contribution in [0, 0.1) is 6.92 Å². The van der Waals surface area contributed by atoms with Crippen LogP contribution in [0.3, 0.4) is 0 Å². The number of hydrogen-bond acceptors (Lipinski definition) is 3. The minimum Gasteiger partial charge on any atom is -0.496 e. The first-order valence-corrected chi connectivity index (χ1v) is 7.15. The van der Waals surface area contributed by atoms with E-state index in [9.17, 15) is 4.79 Å². The summed E-state index contributed by atoms with van der Waals surface area (Å²) in [5, 5.41) is 3.05. The molecule has 4 nitrogen and oxygen atoms in total. The highest BCUT2D eigenvalue weighted by Gasteiger charge is 2.27. The maximum atomic E-state index is 12.1. The molecule has 1 aromatic carbocycles. The SMILES string of the molecule is COc1ccc(C)cc1CN(C)[C@@H](C)C(=O)NC1CC1. The molecule has 1 aromatic rings. The first kappa shape index (κ1) is 14.9. The van der Waals surface area contributed by atoms with E-state index in [2.05, 4.69) is 23.2 Å². The summed E-state index contributed by atoms with van der Waals surface area (Å²) in [5.74, 6) is 0.985. The zero-order valence-electron chi connectivity index (χ0n) is 12.8. The number of ether oxygens (including phenoxy) is 1. The highest BCUT2D eigenvalue weighted by atomic mass is 16.5. The van der Waals surface area contributed by atoms with Gasteiger partial charge in [0.25, 0.3) is 0 Å². The Labute approximate surface area is 121 Å². The topological polar surface area (TPSA) is 41.6 Å². The quantitative estimate of drug-likeness (QED) is 0.865. The average Bonchev–Trinajstić information content (AvgIpc) is 3.22. The molecule has 0 unspecified atom stereocenters. The van der Waals surface area contributed by atoms with Crippen LogP contribution in [0.1, 0.15) is 30.9 Å². The summed E-state index contributed by atoms with van der Waals surface area (Å²) >= 11 is 0. The van der Waals surface area contributed by atoms with Gasteiger partial charge >= 0.3 is 0 Å². The zero-order chi connectivity index (χ0) is 14.7. The Bertz CT molecular complexity index is 483. The predicted molar refractivity (Wildman–Crippen MR) is 79.8 cm³/mol. The molecule has 1 aliphatic carbocycles. The summed E-state index contributed by atoms with van der Waals surface area (Å²) in [6.07, 6.45) is 2.24. The third-order valence-electron chi connectivity index (χ3n) is 3.82. The van der Waals surface area contributed by atoms with E-state index in [0.29, 0.717) is 12.6 Å². The minimum absolute atomic E-state index is 0.113. The third-order valence-corrected chi connectivity index (χ3v) is 3.82. The van der Waals surface area contributed by atoms with Gasteiger partial charge in [0, 0.05) is 18.2 Å². The Hall–Kier alpha value is -1.55. The predicted octanol–water partition coefficient (Wildman–Crippen LogP) is 2.10. The number of carbonyl (C=O) groups is 1. The van der Waals surface area contributed by atoms with Crippen LogP contribution in [-0.2, 0) is 11.3 Å². The molecule has 1 N–H and O–H groups in total. The number of benzene rings is 1. The summed E-state index contributed by atoms with van der Waals surface area (Å²) in [6, 6.07) is 6.40. The molecular weight excluding hydrogens is 252 g/mol. The van der Waals surface area contributed by atoms with Gasteiger partial charge in [0.05, 0.1) is 13.2 Å². The number of carbonyl (C=O) groups excluding carboxylic acids is 1. The molecule has 1 atom stereocenters. The fourth-order valence-corrected chi connectivity index (χ4v) is 2.19. The second-order valence-corrected chi connectivity index (χ2v) is 5.69. The lowest BCUT2D eigenvalue weighted by atomic mass is 10.1. The number of nitrogens with zero attached hydrogens (tertiary/aromatic N) is 1. The molecule has 0 aromatic heterocycles. The monoisotopic (exact) mass is 276 g/mol. The Morgan fingerprint density at radius 1 is 1.50 bits per heavy atom. The number of rotatable bonds is 6. The van der Waals surface area contributed by atoms with Crippen molar-refractivity contribution in [2.45, 2.75) is 45.3 Å². The van der Waals surface area contributed by atoms with E-state index in [1.807, 2.05) is 26.1 Å². The standard InChI is InChI=1S/C16H24N2O2/c1-11-5-8-15(20-4)13(9-11)10-18(3)12(2)16(19)17-14-6-7-14/h5,8-9,12,14H,6-7,10H2,1-4H3,(H,17,19)/t12-/m0/s1. The smallest absolute Gasteiger partial charge is 0.237 e. The molecule has 1 saturated carbocycles. The lowest BCUT2D eigenvalue weighted by molar-refractivity contribution is -0.125. The van der Waals surface area contributed by atoms with Crippen LogP contribution in [0.25, 0.3) is 0 Å². The Kier molecular flexibility index (Phi) is 4.65. The Morgan fingerprint density at radius 3 is 2.80 bits per heavy atom. The number of methoxy groups -OCH3 is 1. The lowest BCUT2D eigenvalue weighted by Gasteiger charge is -2.25. The molecule has 0 saturated heterocycles. The highest BCUT2D eigenvalue weighted by Crippen LogP contribution is 2.22. The first-order chi connectivity index (χ1) is 9.51. The van der Waals surface area contributed by atoms with Gasteiger partial charge in [-0.2, -0.15) is 0 Å². The molecule has 1 amide bonds. The molecule has 0 bridgehead atoms. The van der Waals surface area contributed by atoms with Gasteiger partial charge in [-0.25, -0.2) is 0 Å². The van der Waals surface area contributed by atoms with Gasteiger partial charge in [-0.15, -0.1) is 0 Å². The molecule has 1 fully saturated rings. The average molecular weight is 276 g/mol. The number of amides is 1. The Balaban J connectivity index is 2.00. The second kappa shape index (κ2) is 6.27. The molecule has 20 heavy (non-hydrogen) atoms. The minimum atomic E-state index is -0.138. The van der Waals surface area contributed by atoms with E-state index < -0.39 is 0 Å². The normalized spacial score (nSPS) is 16.1. The van der Waals surface area contributed by atoms with Crippen molar-refractivity contribution in [2.24, 2.45) is 0 Å². The van der Waals surface area contributed by atoms with Crippen molar-refractivity contribution >= 4 is 5.91 Å². The van der Waals surface area contributed by atoms with Gasteiger partial charge < -0.3 is 10.1 Å². The van der Waals surface area contributed by atoms with Crippen molar-refractivity contribution in [1.82, 2.24) is 10.2 Å². The maximum Gasteiger partial charge on any atom is 0.237 e. The summed E-state index contributed by atoms with van der Waals surface area (Å²) in [6.45, 7) is 4.70. The Morgan fingerprint density at radius 2 is 2.20 bits per heavy atom. The van der Waals surface area contributed by atoms with Crippen molar-refractivity contribution in [3.05, 3.63) is 29.3 Å². The molecular formula is C16H24N2O2. The van der Waals surface area contributed by atoms with Crippen molar-refractivity contribution in [3.63, 3.8) is 0 Å². The van der Waals surface area contributed by atoms with E-state index in [4.69, 9.17) is 4.74 Å². The van der Waals surface area contributed by atoms with E-state index in [0.717, 1.165) is 24.2 Å². The van der Waals surface area contributed by atoms with Gasteiger partial charge in [0.1, 0.15) is 5.75 Å². The van der Waals surface area contributed by atoms with E-state index >= 15 is 0 Å². The van der Waals surface area contributed by atoms with Crippen LogP contribution in [0.5, 0.6) is 5.75 Å². The second-order valence-electron chi connectivity index (χ2n) is 5.69. The van der Waals surface area contributed by atoms with Crippen LogP contribution in [-0.4, -0.2) is 37.0 Å². The summed E-state index contributed by atoms with van der Waals surface area (Å²) < 4.78 is 5.39. The van der Waals surface area contributed by atoms with Crippen LogP contribution in [0.2, 0.25) is 0 Å². The van der Waals surface area contributed by atoms with Crippen molar-refractivity contribution < 1.29 is 9.53 Å². The summed E-state index contributed by atoms with van der Waals surface area (Å²) in [7, 11) is 3.65. The fourth-order valence-electron chi connectivity index (χ4n) is 2.19. The van der Waals surface area contributed by atoms with Crippen LogP contribution in [0.15, 0.2) is 18.2 Å². The van der Waals surface area contributed by atoms with Crippen molar-refractivity contribution in [2.75, 3.05) is 14.2 Å². The van der Waals surface area contributed by atoms with Gasteiger partial charge in [0.2, 0.25) is 5.91 Å². The number of aryl methyl sites for hydroxylation is 1. The molecule has 1 aliphatic rings. The number of hydrogen-bond donors (Lipinski definition) is 1. The summed E-state index contributed by atoms with van der Waals surface area (Å²) in [5.41, 5.74) is 2.31. The lowest BCUT2D eigenvalue weighted by Crippen LogP contribution is -2.43. The number of likely N-dealkylation sites (N-methyl/N-ethyl adjacent to an activating group) is 1. The van der Waals surface area contributed by atoms with Crippen molar-refractivity contribution in [3.8, 4) is 5.75 Å². The van der Waals surface area contributed by atoms with Crippen LogP contribution < -0.4 is 10.1 Å². The molecule has 0 heterocycles. The van der Waals surface area contributed by atoms with Gasteiger partial charge in [0.15, 0.2) is 0 Å². The van der Waals surface area contributed by atoms with Crippen LogP contribution in [0.4, 0.5) is 0 Å². The largest absolute Gasteiger partial charge is 0.496 e. The maximum absolute atomic E-state index is 12.1. The molecule has 2 rings (SSSR count). The van der Waals surface area contributed by atoms with E-state index in [-0.39, 0.29) is 11.9 Å². The van der Waals surface area contributed by atoms with Gasteiger partial charge in [-0.1, -0.05) is 17.7 Å². The van der Waals surface area contributed by atoms with E-state index in [1.165, 1.54) is 5.56 Å². The fraction of sp³-hybridized carbons (Fsp3) is 0.562. The molecule has 0 radical (unpaired) electrons. The molecule has 0 spiro atoms. The summed E-state index contributed by atoms with van der Waals surface area (Å²) in [4.78, 5) is 14.1. The molecule has 0 aliphatic heterocycles. The highest BCUT2D eigenvalue weighted by molar-refractivity contribution is 5.81. The van der Waals surface area contributed by atoms with Crippen molar-refractivity contribution in [1.29, 1.82) is 0 Å². The molecule has 110 valence electrons.